The molecule has 166 valence electrons. The number of hydrogen-bond donors (Lipinski definition) is 2. The number of fused-ring (bicyclic) bond motifs is 1. The van der Waals surface area contributed by atoms with Gasteiger partial charge in [-0.1, -0.05) is 18.2 Å². The van der Waals surface area contributed by atoms with E-state index in [2.05, 4.69) is 25.7 Å². The summed E-state index contributed by atoms with van der Waals surface area (Å²) in [5.74, 6) is 0.0869. The summed E-state index contributed by atoms with van der Waals surface area (Å²) >= 11 is 0. The van der Waals surface area contributed by atoms with Crippen LogP contribution in [0.5, 0.6) is 0 Å². The first kappa shape index (κ1) is 20.7. The summed E-state index contributed by atoms with van der Waals surface area (Å²) in [4.78, 5) is 27.0. The predicted molar refractivity (Wildman–Crippen MR) is 125 cm³/mol. The number of rotatable bonds is 5. The van der Waals surface area contributed by atoms with Crippen LogP contribution in [0.1, 0.15) is 10.4 Å². The highest BCUT2D eigenvalue weighted by Gasteiger charge is 2.15. The second-order valence-corrected chi connectivity index (χ2v) is 7.54. The van der Waals surface area contributed by atoms with E-state index < -0.39 is 11.5 Å². The number of anilines is 4. The molecule has 0 unspecified atom stereocenters. The molecule has 33 heavy (non-hydrogen) atoms. The van der Waals surface area contributed by atoms with Crippen LogP contribution in [0, 0.1) is 0 Å². The first-order valence-electron chi connectivity index (χ1n) is 10.5. The molecule has 1 saturated heterocycles. The largest absolute Gasteiger partial charge is 0.422 e. The lowest BCUT2D eigenvalue weighted by molar-refractivity contribution is 0.102. The Morgan fingerprint density at radius 1 is 0.970 bits per heavy atom. The number of hydrogen-bond acceptors (Lipinski definition) is 8. The van der Waals surface area contributed by atoms with E-state index in [4.69, 9.17) is 9.15 Å². The van der Waals surface area contributed by atoms with Gasteiger partial charge in [-0.3, -0.25) is 4.79 Å². The normalized spacial score (nSPS) is 13.6. The van der Waals surface area contributed by atoms with Crippen molar-refractivity contribution in [2.75, 3.05) is 41.8 Å². The maximum atomic E-state index is 12.6. The quantitative estimate of drug-likeness (QED) is 0.452. The molecular formula is C24H21N5O4. The molecule has 0 spiro atoms. The van der Waals surface area contributed by atoms with Crippen molar-refractivity contribution < 1.29 is 13.9 Å². The standard InChI is InChI=1S/C24H21N5O4/c30-23(20-13-16-3-1-2-4-21(16)33-24(20)31)27-18-7-5-17(6-8-18)26-22-14-19(15-25-28-22)29-9-11-32-12-10-29/h1-8,13-15H,9-12H2,(H,26,28)(H,27,30). The van der Waals surface area contributed by atoms with Gasteiger partial charge in [-0.15, -0.1) is 5.10 Å². The molecule has 9 heteroatoms. The average Bonchev–Trinajstić information content (AvgIpc) is 2.85. The number of nitrogens with zero attached hydrogens (tertiary/aromatic N) is 3. The van der Waals surface area contributed by atoms with Crippen molar-refractivity contribution in [2.24, 2.45) is 0 Å². The molecule has 0 radical (unpaired) electrons. The second-order valence-electron chi connectivity index (χ2n) is 7.54. The highest BCUT2D eigenvalue weighted by Crippen LogP contribution is 2.22. The third-order valence-corrected chi connectivity index (χ3v) is 5.32. The van der Waals surface area contributed by atoms with E-state index >= 15 is 0 Å². The molecule has 1 fully saturated rings. The Balaban J connectivity index is 1.27. The molecule has 2 N–H and O–H groups in total. The number of aromatic nitrogens is 2. The van der Waals surface area contributed by atoms with Crippen LogP contribution in [-0.4, -0.2) is 42.4 Å². The lowest BCUT2D eigenvalue weighted by atomic mass is 10.1. The minimum absolute atomic E-state index is 0.0499. The van der Waals surface area contributed by atoms with E-state index in [0.717, 1.165) is 24.5 Å². The topological polar surface area (TPSA) is 110 Å². The molecule has 1 aliphatic heterocycles. The minimum Gasteiger partial charge on any atom is -0.422 e. The predicted octanol–water partition coefficient (Wildman–Crippen LogP) is 3.42. The summed E-state index contributed by atoms with van der Waals surface area (Å²) in [5.41, 5.74) is 2.02. The van der Waals surface area contributed by atoms with Crippen molar-refractivity contribution in [3.05, 3.63) is 82.8 Å². The number of nitrogens with one attached hydrogen (secondary N) is 2. The summed E-state index contributed by atoms with van der Waals surface area (Å²) in [6.07, 6.45) is 1.73. The first-order chi connectivity index (χ1) is 16.2. The summed E-state index contributed by atoms with van der Waals surface area (Å²) in [6, 6.07) is 17.6. The molecule has 5 rings (SSSR count). The molecule has 0 atom stereocenters. The fraction of sp³-hybridized carbons (Fsp3) is 0.167. The molecule has 1 amide bonds. The second kappa shape index (κ2) is 9.09. The van der Waals surface area contributed by atoms with Crippen molar-refractivity contribution >= 4 is 39.8 Å². The number of ether oxygens (including phenoxy) is 1. The summed E-state index contributed by atoms with van der Waals surface area (Å²) < 4.78 is 10.6. The highest BCUT2D eigenvalue weighted by atomic mass is 16.5. The van der Waals surface area contributed by atoms with E-state index in [1.54, 1.807) is 36.5 Å². The van der Waals surface area contributed by atoms with Crippen LogP contribution in [-0.2, 0) is 4.74 Å². The van der Waals surface area contributed by atoms with E-state index in [1.165, 1.54) is 6.07 Å². The molecule has 9 nitrogen and oxygen atoms in total. The van der Waals surface area contributed by atoms with Crippen LogP contribution < -0.4 is 21.2 Å². The van der Waals surface area contributed by atoms with Crippen molar-refractivity contribution in [2.45, 2.75) is 0 Å². The zero-order valence-corrected chi connectivity index (χ0v) is 17.7. The first-order valence-corrected chi connectivity index (χ1v) is 10.5. The van der Waals surface area contributed by atoms with Crippen molar-refractivity contribution in [1.29, 1.82) is 0 Å². The van der Waals surface area contributed by atoms with Crippen molar-refractivity contribution in [1.82, 2.24) is 10.2 Å². The highest BCUT2D eigenvalue weighted by molar-refractivity contribution is 6.05. The smallest absolute Gasteiger partial charge is 0.349 e. The van der Waals surface area contributed by atoms with Crippen molar-refractivity contribution in [3.8, 4) is 0 Å². The van der Waals surface area contributed by atoms with Crippen molar-refractivity contribution in [3.63, 3.8) is 0 Å². The van der Waals surface area contributed by atoms with E-state index in [1.807, 2.05) is 24.3 Å². The summed E-state index contributed by atoms with van der Waals surface area (Å²) in [7, 11) is 0. The van der Waals surface area contributed by atoms with E-state index in [-0.39, 0.29) is 5.56 Å². The van der Waals surface area contributed by atoms with Crippen LogP contribution >= 0.6 is 0 Å². The number of morpholine rings is 1. The number of carbonyl (C=O) groups excluding carboxylic acids is 1. The average molecular weight is 443 g/mol. The SMILES string of the molecule is O=C(Nc1ccc(Nc2cc(N3CCOCC3)cnn2)cc1)c1cc2ccccc2oc1=O. The summed E-state index contributed by atoms with van der Waals surface area (Å²) in [5, 5.41) is 14.9. The zero-order chi connectivity index (χ0) is 22.6. The molecule has 2 aromatic heterocycles. The lowest BCUT2D eigenvalue weighted by Crippen LogP contribution is -2.36. The van der Waals surface area contributed by atoms with Gasteiger partial charge in [0, 0.05) is 35.9 Å². The maximum absolute atomic E-state index is 12.6. The van der Waals surface area contributed by atoms with Gasteiger partial charge < -0.3 is 24.7 Å². The number of carbonyl (C=O) groups is 1. The van der Waals surface area contributed by atoms with Gasteiger partial charge in [-0.2, -0.15) is 5.10 Å². The lowest BCUT2D eigenvalue weighted by Gasteiger charge is -2.28. The van der Waals surface area contributed by atoms with Crippen LogP contribution in [0.2, 0.25) is 0 Å². The Bertz CT molecular complexity index is 1350. The van der Waals surface area contributed by atoms with Crippen LogP contribution in [0.25, 0.3) is 11.0 Å². The van der Waals surface area contributed by atoms with Gasteiger partial charge in [0.25, 0.3) is 5.91 Å². The molecule has 2 aromatic carbocycles. The van der Waals surface area contributed by atoms with Gasteiger partial charge in [-0.25, -0.2) is 4.79 Å². The third-order valence-electron chi connectivity index (χ3n) is 5.32. The molecule has 0 aliphatic carbocycles. The Labute approximate surface area is 189 Å². The Morgan fingerprint density at radius 3 is 2.55 bits per heavy atom. The number of para-hydroxylation sites is 1. The Hall–Kier alpha value is -4.24. The van der Waals surface area contributed by atoms with Gasteiger partial charge in [0.15, 0.2) is 5.82 Å². The molecule has 4 aromatic rings. The molecule has 0 bridgehead atoms. The van der Waals surface area contributed by atoms with Crippen LogP contribution in [0.4, 0.5) is 22.9 Å². The van der Waals surface area contributed by atoms with Gasteiger partial charge in [0.2, 0.25) is 0 Å². The van der Waals surface area contributed by atoms with Gasteiger partial charge in [-0.05, 0) is 36.4 Å². The van der Waals surface area contributed by atoms with Crippen LogP contribution in [0.15, 0.2) is 76.1 Å². The molecular weight excluding hydrogens is 422 g/mol. The van der Waals surface area contributed by atoms with Gasteiger partial charge in [0.1, 0.15) is 11.1 Å². The number of amides is 1. The van der Waals surface area contributed by atoms with Gasteiger partial charge in [0.05, 0.1) is 25.1 Å². The Kier molecular flexibility index (Phi) is 5.69. The van der Waals surface area contributed by atoms with E-state index in [0.29, 0.717) is 35.7 Å². The monoisotopic (exact) mass is 443 g/mol. The van der Waals surface area contributed by atoms with Gasteiger partial charge >= 0.3 is 5.63 Å². The maximum Gasteiger partial charge on any atom is 0.349 e. The Morgan fingerprint density at radius 2 is 1.73 bits per heavy atom. The van der Waals surface area contributed by atoms with Crippen LogP contribution in [0.3, 0.4) is 0 Å². The fourth-order valence-electron chi connectivity index (χ4n) is 3.62. The minimum atomic E-state index is -0.678. The molecule has 1 aliphatic rings. The zero-order valence-electron chi connectivity index (χ0n) is 17.7. The fourth-order valence-corrected chi connectivity index (χ4v) is 3.62. The summed E-state index contributed by atoms with van der Waals surface area (Å²) in [6.45, 7) is 3.02. The van der Waals surface area contributed by atoms with E-state index in [9.17, 15) is 9.59 Å². The number of benzene rings is 2. The molecule has 0 saturated carbocycles. The third kappa shape index (κ3) is 4.68. The molecule has 3 heterocycles.